The van der Waals surface area contributed by atoms with Gasteiger partial charge >= 0.3 is 6.36 Å². The minimum absolute atomic E-state index is 0.170. The number of amides is 1. The normalized spacial score (nSPS) is 18.4. The van der Waals surface area contributed by atoms with E-state index in [9.17, 15) is 18.0 Å². The summed E-state index contributed by atoms with van der Waals surface area (Å²) in [5, 5.41) is 2.65. The molecule has 0 saturated heterocycles. The van der Waals surface area contributed by atoms with E-state index in [1.165, 1.54) is 18.2 Å². The number of anilines is 1. The highest BCUT2D eigenvalue weighted by Crippen LogP contribution is 2.38. The fourth-order valence-corrected chi connectivity index (χ4v) is 2.08. The van der Waals surface area contributed by atoms with Crippen molar-refractivity contribution in [3.63, 3.8) is 0 Å². The summed E-state index contributed by atoms with van der Waals surface area (Å²) < 4.78 is 40.2. The smallest absolute Gasteiger partial charge is 0.406 e. The molecule has 1 aromatic carbocycles. The number of nitrogens with one attached hydrogen (secondary N) is 1. The van der Waals surface area contributed by atoms with Crippen LogP contribution in [0.15, 0.2) is 18.2 Å². The van der Waals surface area contributed by atoms with E-state index in [0.717, 1.165) is 6.42 Å². The van der Waals surface area contributed by atoms with Crippen LogP contribution in [-0.4, -0.2) is 12.3 Å². The molecule has 0 fully saturated rings. The van der Waals surface area contributed by atoms with Crippen LogP contribution in [0, 0.1) is 0 Å². The Bertz CT molecular complexity index is 471. The van der Waals surface area contributed by atoms with Crippen molar-refractivity contribution in [1.29, 1.82) is 0 Å². The molecule has 18 heavy (non-hydrogen) atoms. The molecule has 0 radical (unpaired) electrons. The monoisotopic (exact) mass is 259 g/mol. The quantitative estimate of drug-likeness (QED) is 0.903. The van der Waals surface area contributed by atoms with Crippen molar-refractivity contribution in [1.82, 2.24) is 0 Å². The SMILES string of the molecule is CCCC1C(=O)Nc2ccc(OC(F)(F)F)cc21. The number of halogens is 3. The van der Waals surface area contributed by atoms with Crippen molar-refractivity contribution < 1.29 is 22.7 Å². The summed E-state index contributed by atoms with van der Waals surface area (Å²) in [6, 6.07) is 3.91. The van der Waals surface area contributed by atoms with Gasteiger partial charge in [-0.3, -0.25) is 4.79 Å². The fraction of sp³-hybridized carbons (Fsp3) is 0.417. The number of benzene rings is 1. The van der Waals surface area contributed by atoms with Crippen LogP contribution in [0.2, 0.25) is 0 Å². The summed E-state index contributed by atoms with van der Waals surface area (Å²) in [6.07, 6.45) is -3.33. The number of hydrogen-bond donors (Lipinski definition) is 1. The van der Waals surface area contributed by atoms with Gasteiger partial charge in [-0.2, -0.15) is 0 Å². The van der Waals surface area contributed by atoms with Crippen LogP contribution in [0.5, 0.6) is 5.75 Å². The molecule has 1 amide bonds. The Morgan fingerprint density at radius 3 is 2.72 bits per heavy atom. The van der Waals surface area contributed by atoms with E-state index in [0.29, 0.717) is 17.7 Å². The molecule has 1 atom stereocenters. The zero-order chi connectivity index (χ0) is 13.3. The number of carbonyl (C=O) groups is 1. The standard InChI is InChI=1S/C12H12F3NO2/c1-2-3-8-9-6-7(18-12(13,14)15)4-5-10(9)16-11(8)17/h4-6,8H,2-3H2,1H3,(H,16,17). The molecule has 0 aliphatic carbocycles. The van der Waals surface area contributed by atoms with E-state index in [1.54, 1.807) is 0 Å². The second kappa shape index (κ2) is 4.51. The first kappa shape index (κ1) is 12.7. The first-order valence-electron chi connectivity index (χ1n) is 5.61. The van der Waals surface area contributed by atoms with Gasteiger partial charge in [0.15, 0.2) is 0 Å². The number of rotatable bonds is 3. The van der Waals surface area contributed by atoms with Gasteiger partial charge in [-0.25, -0.2) is 0 Å². The first-order valence-corrected chi connectivity index (χ1v) is 5.61. The number of fused-ring (bicyclic) bond motifs is 1. The van der Waals surface area contributed by atoms with Gasteiger partial charge in [-0.15, -0.1) is 13.2 Å². The average molecular weight is 259 g/mol. The van der Waals surface area contributed by atoms with Crippen molar-refractivity contribution in [2.24, 2.45) is 0 Å². The van der Waals surface area contributed by atoms with E-state index in [2.05, 4.69) is 10.1 Å². The van der Waals surface area contributed by atoms with Gasteiger partial charge in [0.1, 0.15) is 5.75 Å². The van der Waals surface area contributed by atoms with Crippen LogP contribution in [-0.2, 0) is 4.79 Å². The molecule has 6 heteroatoms. The summed E-state index contributed by atoms with van der Waals surface area (Å²) >= 11 is 0. The largest absolute Gasteiger partial charge is 0.573 e. The molecule has 1 N–H and O–H groups in total. The summed E-state index contributed by atoms with van der Waals surface area (Å²) in [4.78, 5) is 11.6. The third-order valence-electron chi connectivity index (χ3n) is 2.78. The van der Waals surface area contributed by atoms with E-state index < -0.39 is 6.36 Å². The van der Waals surface area contributed by atoms with Gasteiger partial charge in [0.2, 0.25) is 5.91 Å². The molecule has 1 aliphatic heterocycles. The molecule has 3 nitrogen and oxygen atoms in total. The third-order valence-corrected chi connectivity index (χ3v) is 2.78. The van der Waals surface area contributed by atoms with Crippen LogP contribution in [0.4, 0.5) is 18.9 Å². The van der Waals surface area contributed by atoms with Crippen LogP contribution in [0.1, 0.15) is 31.2 Å². The number of hydrogen-bond acceptors (Lipinski definition) is 2. The molecular weight excluding hydrogens is 247 g/mol. The second-order valence-corrected chi connectivity index (χ2v) is 4.13. The lowest BCUT2D eigenvalue weighted by Gasteiger charge is -2.11. The van der Waals surface area contributed by atoms with Gasteiger partial charge in [0, 0.05) is 5.69 Å². The van der Waals surface area contributed by atoms with Crippen LogP contribution >= 0.6 is 0 Å². The molecule has 1 unspecified atom stereocenters. The van der Waals surface area contributed by atoms with E-state index in [1.807, 2.05) is 6.92 Å². The van der Waals surface area contributed by atoms with E-state index in [4.69, 9.17) is 0 Å². The number of alkyl halides is 3. The van der Waals surface area contributed by atoms with Crippen molar-refractivity contribution >= 4 is 11.6 Å². The molecule has 1 aromatic rings. The predicted molar refractivity (Wildman–Crippen MR) is 59.4 cm³/mol. The average Bonchev–Trinajstić information content (AvgIpc) is 2.54. The van der Waals surface area contributed by atoms with E-state index in [-0.39, 0.29) is 17.6 Å². The second-order valence-electron chi connectivity index (χ2n) is 4.13. The highest BCUT2D eigenvalue weighted by Gasteiger charge is 2.34. The van der Waals surface area contributed by atoms with Gasteiger partial charge < -0.3 is 10.1 Å². The molecule has 98 valence electrons. The maximum absolute atomic E-state index is 12.1. The Kier molecular flexibility index (Phi) is 3.19. The van der Waals surface area contributed by atoms with Crippen LogP contribution in [0.25, 0.3) is 0 Å². The van der Waals surface area contributed by atoms with Crippen molar-refractivity contribution in [3.8, 4) is 5.75 Å². The Morgan fingerprint density at radius 1 is 1.39 bits per heavy atom. The highest BCUT2D eigenvalue weighted by atomic mass is 19.4. The highest BCUT2D eigenvalue weighted by molar-refractivity contribution is 6.03. The minimum atomic E-state index is -4.72. The zero-order valence-corrected chi connectivity index (χ0v) is 9.67. The maximum Gasteiger partial charge on any atom is 0.573 e. The lowest BCUT2D eigenvalue weighted by atomic mass is 9.96. The van der Waals surface area contributed by atoms with Gasteiger partial charge in [-0.05, 0) is 30.2 Å². The van der Waals surface area contributed by atoms with Gasteiger partial charge in [-0.1, -0.05) is 13.3 Å². The topological polar surface area (TPSA) is 38.3 Å². The molecule has 0 spiro atoms. The minimum Gasteiger partial charge on any atom is -0.406 e. The Hall–Kier alpha value is -1.72. The summed E-state index contributed by atoms with van der Waals surface area (Å²) in [7, 11) is 0. The first-order chi connectivity index (χ1) is 8.40. The summed E-state index contributed by atoms with van der Waals surface area (Å²) in [5.41, 5.74) is 1.14. The number of carbonyl (C=O) groups excluding carboxylic acids is 1. The zero-order valence-electron chi connectivity index (χ0n) is 9.67. The predicted octanol–water partition coefficient (Wildman–Crippen LogP) is 3.42. The number of ether oxygens (including phenoxy) is 1. The molecular formula is C12H12F3NO2. The fourth-order valence-electron chi connectivity index (χ4n) is 2.08. The molecule has 1 aliphatic rings. The van der Waals surface area contributed by atoms with E-state index >= 15 is 0 Å². The van der Waals surface area contributed by atoms with Crippen molar-refractivity contribution in [3.05, 3.63) is 23.8 Å². The lowest BCUT2D eigenvalue weighted by Crippen LogP contribution is -2.17. The van der Waals surface area contributed by atoms with Crippen molar-refractivity contribution in [2.75, 3.05) is 5.32 Å². The van der Waals surface area contributed by atoms with Crippen molar-refractivity contribution in [2.45, 2.75) is 32.0 Å². The Balaban J connectivity index is 2.29. The summed E-state index contributed by atoms with van der Waals surface area (Å²) in [6.45, 7) is 1.92. The molecule has 0 aromatic heterocycles. The Morgan fingerprint density at radius 2 is 2.11 bits per heavy atom. The van der Waals surface area contributed by atoms with Gasteiger partial charge in [0.05, 0.1) is 5.92 Å². The summed E-state index contributed by atoms with van der Waals surface area (Å²) in [5.74, 6) is -0.850. The van der Waals surface area contributed by atoms with Gasteiger partial charge in [0.25, 0.3) is 0 Å². The molecule has 0 bridgehead atoms. The van der Waals surface area contributed by atoms with Crippen LogP contribution < -0.4 is 10.1 Å². The maximum atomic E-state index is 12.1. The third kappa shape index (κ3) is 2.57. The molecule has 0 saturated carbocycles. The van der Waals surface area contributed by atoms with Crippen LogP contribution in [0.3, 0.4) is 0 Å². The molecule has 2 rings (SSSR count). The lowest BCUT2D eigenvalue weighted by molar-refractivity contribution is -0.274. The molecule has 1 heterocycles. The Labute approximate surface area is 102 Å².